The molecule has 16 heavy (non-hydrogen) atoms. The number of aryl methyl sites for hydroxylation is 1. The lowest BCUT2D eigenvalue weighted by atomic mass is 10.1. The molecular weight excluding hydrogens is 202 g/mol. The van der Waals surface area contributed by atoms with Crippen LogP contribution in [0, 0.1) is 0 Å². The minimum Gasteiger partial charge on any atom is -0.393 e. The fraction of sp³-hybridized carbons (Fsp3) is 0.750. The van der Waals surface area contributed by atoms with Crippen LogP contribution in [-0.4, -0.2) is 27.5 Å². The van der Waals surface area contributed by atoms with Gasteiger partial charge in [0.2, 0.25) is 0 Å². The molecule has 1 rings (SSSR count). The first kappa shape index (κ1) is 13.2. The van der Waals surface area contributed by atoms with Crippen LogP contribution < -0.4 is 5.32 Å². The zero-order valence-corrected chi connectivity index (χ0v) is 10.5. The summed E-state index contributed by atoms with van der Waals surface area (Å²) in [6.45, 7) is 5.08. The van der Waals surface area contributed by atoms with Crippen LogP contribution >= 0.6 is 0 Å². The Labute approximate surface area is 97.7 Å². The second-order valence-electron chi connectivity index (χ2n) is 4.33. The summed E-state index contributed by atoms with van der Waals surface area (Å²) in [7, 11) is 1.92. The van der Waals surface area contributed by atoms with Crippen LogP contribution in [0.5, 0.6) is 0 Å². The highest BCUT2D eigenvalue weighted by molar-refractivity contribution is 5.08. The smallest absolute Gasteiger partial charge is 0.0538 e. The number of aliphatic hydroxyl groups is 1. The topological polar surface area (TPSA) is 50.1 Å². The first-order valence-corrected chi connectivity index (χ1v) is 6.03. The molecule has 0 amide bonds. The van der Waals surface area contributed by atoms with Crippen molar-refractivity contribution in [3.05, 3.63) is 18.0 Å². The van der Waals surface area contributed by atoms with Gasteiger partial charge in [-0.2, -0.15) is 5.10 Å². The second-order valence-corrected chi connectivity index (χ2v) is 4.33. The van der Waals surface area contributed by atoms with Crippen molar-refractivity contribution >= 4 is 0 Å². The Morgan fingerprint density at radius 2 is 2.31 bits per heavy atom. The second kappa shape index (κ2) is 6.66. The number of hydrogen-bond acceptors (Lipinski definition) is 3. The molecule has 0 aliphatic rings. The molecule has 0 fully saturated rings. The number of nitrogens with zero attached hydrogens (tertiary/aromatic N) is 2. The Kier molecular flexibility index (Phi) is 5.49. The predicted octanol–water partition coefficient (Wildman–Crippen LogP) is 1.62. The van der Waals surface area contributed by atoms with Crippen LogP contribution in [0.1, 0.15) is 44.7 Å². The molecule has 0 bridgehead atoms. The van der Waals surface area contributed by atoms with Crippen LogP contribution in [0.2, 0.25) is 0 Å². The van der Waals surface area contributed by atoms with Gasteiger partial charge in [0, 0.05) is 24.8 Å². The highest BCUT2D eigenvalue weighted by Crippen LogP contribution is 2.10. The van der Waals surface area contributed by atoms with E-state index in [1.807, 2.05) is 31.0 Å². The highest BCUT2D eigenvalue weighted by Gasteiger charge is 2.06. The third-order valence-corrected chi connectivity index (χ3v) is 2.86. The van der Waals surface area contributed by atoms with Crippen LogP contribution in [0.15, 0.2) is 12.4 Å². The lowest BCUT2D eigenvalue weighted by Crippen LogP contribution is -2.20. The Morgan fingerprint density at radius 1 is 1.56 bits per heavy atom. The van der Waals surface area contributed by atoms with Gasteiger partial charge in [0.1, 0.15) is 0 Å². The van der Waals surface area contributed by atoms with Gasteiger partial charge < -0.3 is 10.4 Å². The largest absolute Gasteiger partial charge is 0.393 e. The normalized spacial score (nSPS) is 15.0. The van der Waals surface area contributed by atoms with E-state index in [1.165, 1.54) is 5.56 Å². The van der Waals surface area contributed by atoms with Crippen molar-refractivity contribution in [1.82, 2.24) is 15.1 Å². The molecule has 1 aromatic rings. The summed E-state index contributed by atoms with van der Waals surface area (Å²) >= 11 is 0. The Hall–Kier alpha value is -0.870. The molecule has 1 heterocycles. The quantitative estimate of drug-likeness (QED) is 0.693. The fourth-order valence-electron chi connectivity index (χ4n) is 1.64. The zero-order chi connectivity index (χ0) is 12.0. The van der Waals surface area contributed by atoms with E-state index in [-0.39, 0.29) is 6.10 Å². The number of rotatable bonds is 7. The molecule has 2 N–H and O–H groups in total. The van der Waals surface area contributed by atoms with Gasteiger partial charge in [-0.1, -0.05) is 6.92 Å². The van der Waals surface area contributed by atoms with Gasteiger partial charge in [-0.25, -0.2) is 0 Å². The third-order valence-electron chi connectivity index (χ3n) is 2.86. The molecule has 0 aliphatic heterocycles. The minimum absolute atomic E-state index is 0.143. The van der Waals surface area contributed by atoms with Gasteiger partial charge in [-0.3, -0.25) is 4.68 Å². The lowest BCUT2D eigenvalue weighted by Gasteiger charge is -2.13. The number of nitrogens with one attached hydrogen (secondary N) is 1. The summed E-state index contributed by atoms with van der Waals surface area (Å²) in [6.07, 6.45) is 6.51. The van der Waals surface area contributed by atoms with Crippen molar-refractivity contribution in [3.8, 4) is 0 Å². The van der Waals surface area contributed by atoms with E-state index >= 15 is 0 Å². The molecule has 2 unspecified atom stereocenters. The highest BCUT2D eigenvalue weighted by atomic mass is 16.3. The van der Waals surface area contributed by atoms with E-state index in [2.05, 4.69) is 17.3 Å². The van der Waals surface area contributed by atoms with E-state index in [0.717, 1.165) is 25.8 Å². The maximum atomic E-state index is 9.40. The summed E-state index contributed by atoms with van der Waals surface area (Å²) in [5.41, 5.74) is 1.21. The van der Waals surface area contributed by atoms with E-state index in [9.17, 15) is 5.11 Å². The Bertz CT molecular complexity index is 298. The summed E-state index contributed by atoms with van der Waals surface area (Å²) in [6, 6.07) is 0.326. The van der Waals surface area contributed by atoms with Gasteiger partial charge in [0.25, 0.3) is 0 Å². The van der Waals surface area contributed by atoms with Gasteiger partial charge in [0.15, 0.2) is 0 Å². The molecule has 92 valence electrons. The molecule has 0 spiro atoms. The monoisotopic (exact) mass is 225 g/mol. The fourth-order valence-corrected chi connectivity index (χ4v) is 1.64. The first-order chi connectivity index (χ1) is 7.63. The summed E-state index contributed by atoms with van der Waals surface area (Å²) in [5, 5.41) is 17.0. The van der Waals surface area contributed by atoms with Crippen LogP contribution in [0.3, 0.4) is 0 Å². The van der Waals surface area contributed by atoms with Crippen molar-refractivity contribution in [2.45, 2.75) is 45.3 Å². The van der Waals surface area contributed by atoms with Gasteiger partial charge >= 0.3 is 0 Å². The molecule has 1 aromatic heterocycles. The van der Waals surface area contributed by atoms with Crippen LogP contribution in [-0.2, 0) is 7.05 Å². The standard InChI is InChI=1S/C12H23N3O/c1-4-12(16)6-5-7-13-10(2)11-8-14-15(3)9-11/h8-10,12-13,16H,4-7H2,1-3H3. The van der Waals surface area contributed by atoms with Crippen molar-refractivity contribution in [2.75, 3.05) is 6.54 Å². The average molecular weight is 225 g/mol. The van der Waals surface area contributed by atoms with E-state index in [1.54, 1.807) is 0 Å². The molecule has 0 saturated heterocycles. The average Bonchev–Trinajstić information content (AvgIpc) is 2.70. The number of hydrogen-bond donors (Lipinski definition) is 2. The van der Waals surface area contributed by atoms with E-state index in [4.69, 9.17) is 0 Å². The molecule has 0 saturated carbocycles. The maximum absolute atomic E-state index is 9.40. The Balaban J connectivity index is 2.18. The predicted molar refractivity (Wildman–Crippen MR) is 65.2 cm³/mol. The molecule has 4 nitrogen and oxygen atoms in total. The molecule has 0 radical (unpaired) electrons. The van der Waals surface area contributed by atoms with Gasteiger partial charge in [-0.15, -0.1) is 0 Å². The SMILES string of the molecule is CCC(O)CCCNC(C)c1cnn(C)c1. The third kappa shape index (κ3) is 4.33. The van der Waals surface area contributed by atoms with Crippen LogP contribution in [0.4, 0.5) is 0 Å². The van der Waals surface area contributed by atoms with Crippen molar-refractivity contribution < 1.29 is 5.11 Å². The lowest BCUT2D eigenvalue weighted by molar-refractivity contribution is 0.157. The van der Waals surface area contributed by atoms with E-state index in [0.29, 0.717) is 6.04 Å². The molecule has 4 heteroatoms. The van der Waals surface area contributed by atoms with Gasteiger partial charge in [-0.05, 0) is 32.7 Å². The minimum atomic E-state index is -0.143. The van der Waals surface area contributed by atoms with Crippen molar-refractivity contribution in [3.63, 3.8) is 0 Å². The molecular formula is C12H23N3O. The van der Waals surface area contributed by atoms with Crippen molar-refractivity contribution in [2.24, 2.45) is 7.05 Å². The van der Waals surface area contributed by atoms with Crippen LogP contribution in [0.25, 0.3) is 0 Å². The Morgan fingerprint density at radius 3 is 2.88 bits per heavy atom. The van der Waals surface area contributed by atoms with Crippen molar-refractivity contribution in [1.29, 1.82) is 0 Å². The van der Waals surface area contributed by atoms with E-state index < -0.39 is 0 Å². The number of aliphatic hydroxyl groups excluding tert-OH is 1. The maximum Gasteiger partial charge on any atom is 0.0538 e. The first-order valence-electron chi connectivity index (χ1n) is 6.03. The molecule has 2 atom stereocenters. The summed E-state index contributed by atoms with van der Waals surface area (Å²) in [4.78, 5) is 0. The zero-order valence-electron chi connectivity index (χ0n) is 10.5. The van der Waals surface area contributed by atoms with Gasteiger partial charge in [0.05, 0.1) is 12.3 Å². The summed E-state index contributed by atoms with van der Waals surface area (Å²) in [5.74, 6) is 0. The molecule has 0 aliphatic carbocycles. The molecule has 0 aromatic carbocycles. The summed E-state index contributed by atoms with van der Waals surface area (Å²) < 4.78 is 1.81. The number of aromatic nitrogens is 2.